The van der Waals surface area contributed by atoms with Gasteiger partial charge in [-0.05, 0) is 35.9 Å². The van der Waals surface area contributed by atoms with Crippen molar-refractivity contribution in [3.8, 4) is 28.3 Å². The second-order valence-electron chi connectivity index (χ2n) is 9.51. The van der Waals surface area contributed by atoms with Crippen LogP contribution in [-0.4, -0.2) is 55.5 Å². The molecule has 1 aliphatic heterocycles. The Kier molecular flexibility index (Phi) is 5.98. The lowest BCUT2D eigenvalue weighted by Crippen LogP contribution is -2.46. The Morgan fingerprint density at radius 2 is 1.84 bits per heavy atom. The SMILES string of the molecule is Cn1cc(-c2cc(-c3ccc(N4CCN(Cc5cccc(F)c5)CC4)nc3)c3c(C#N)c(N)nn3c2)cn1. The molecule has 0 amide bonds. The number of fused-ring (bicyclic) bond motifs is 1. The number of anilines is 2. The predicted molar refractivity (Wildman–Crippen MR) is 144 cm³/mol. The molecular weight excluding hydrogens is 481 g/mol. The van der Waals surface area contributed by atoms with Gasteiger partial charge in [0.15, 0.2) is 5.82 Å². The van der Waals surface area contributed by atoms with Crippen LogP contribution in [0.25, 0.3) is 27.8 Å². The Bertz CT molecular complexity index is 1650. The van der Waals surface area contributed by atoms with Gasteiger partial charge in [-0.25, -0.2) is 13.9 Å². The van der Waals surface area contributed by atoms with Gasteiger partial charge in [-0.3, -0.25) is 9.58 Å². The lowest BCUT2D eigenvalue weighted by atomic mass is 10.0. The number of hydrogen-bond acceptors (Lipinski definition) is 7. The zero-order chi connectivity index (χ0) is 26.2. The van der Waals surface area contributed by atoms with Crippen LogP contribution in [0.5, 0.6) is 0 Å². The van der Waals surface area contributed by atoms with Crippen LogP contribution < -0.4 is 10.6 Å². The first kappa shape index (κ1) is 23.6. The lowest BCUT2D eigenvalue weighted by Gasteiger charge is -2.35. The summed E-state index contributed by atoms with van der Waals surface area (Å²) >= 11 is 0. The van der Waals surface area contributed by atoms with Crippen LogP contribution >= 0.6 is 0 Å². The molecule has 6 rings (SSSR count). The van der Waals surface area contributed by atoms with Crippen LogP contribution in [0.15, 0.2) is 67.3 Å². The molecule has 5 aromatic rings. The molecule has 190 valence electrons. The summed E-state index contributed by atoms with van der Waals surface area (Å²) in [6, 6.07) is 15.0. The number of rotatable bonds is 5. The Labute approximate surface area is 219 Å². The monoisotopic (exact) mass is 507 g/mol. The van der Waals surface area contributed by atoms with Crippen molar-refractivity contribution in [3.63, 3.8) is 0 Å². The molecule has 0 atom stereocenters. The molecule has 1 fully saturated rings. The van der Waals surface area contributed by atoms with Gasteiger partial charge < -0.3 is 10.6 Å². The number of nitrogens with two attached hydrogens (primary N) is 1. The summed E-state index contributed by atoms with van der Waals surface area (Å²) in [6.07, 6.45) is 7.41. The summed E-state index contributed by atoms with van der Waals surface area (Å²) in [4.78, 5) is 9.35. The van der Waals surface area contributed by atoms with E-state index in [2.05, 4.69) is 26.1 Å². The van der Waals surface area contributed by atoms with Crippen molar-refractivity contribution < 1.29 is 4.39 Å². The van der Waals surface area contributed by atoms with E-state index in [1.54, 1.807) is 27.5 Å². The molecule has 1 aromatic carbocycles. The van der Waals surface area contributed by atoms with E-state index in [9.17, 15) is 9.65 Å². The zero-order valence-corrected chi connectivity index (χ0v) is 20.9. The van der Waals surface area contributed by atoms with Gasteiger partial charge in [0.1, 0.15) is 23.3 Å². The van der Waals surface area contributed by atoms with Crippen molar-refractivity contribution in [2.24, 2.45) is 7.05 Å². The Morgan fingerprint density at radius 1 is 1.00 bits per heavy atom. The average molecular weight is 508 g/mol. The Hall–Kier alpha value is -4.75. The summed E-state index contributed by atoms with van der Waals surface area (Å²) in [5, 5.41) is 18.4. The number of aryl methyl sites for hydroxylation is 1. The fraction of sp³-hybridized carbons (Fsp3) is 0.214. The molecular formula is C28H26FN9. The summed E-state index contributed by atoms with van der Waals surface area (Å²) in [5.41, 5.74) is 11.6. The van der Waals surface area contributed by atoms with Gasteiger partial charge in [-0.2, -0.15) is 10.4 Å². The van der Waals surface area contributed by atoms with Crippen LogP contribution in [0.4, 0.5) is 16.0 Å². The van der Waals surface area contributed by atoms with E-state index < -0.39 is 0 Å². The minimum atomic E-state index is -0.200. The summed E-state index contributed by atoms with van der Waals surface area (Å²) < 4.78 is 16.9. The van der Waals surface area contributed by atoms with E-state index in [0.717, 1.165) is 66.4 Å². The number of nitriles is 1. The fourth-order valence-electron chi connectivity index (χ4n) is 5.02. The standard InChI is InChI=1S/C28H26FN9/c1-35-17-22(15-33-35)21-12-24(27-25(13-30)28(31)34-38(27)18-21)20-5-6-26(32-14-20)37-9-7-36(8-10-37)16-19-3-2-4-23(29)11-19/h2-6,11-12,14-15,17-18H,7-10,16H2,1H3,(H2,31,34). The maximum atomic E-state index is 13.5. The maximum absolute atomic E-state index is 13.5. The number of nitrogen functional groups attached to an aromatic ring is 1. The number of nitrogens with zero attached hydrogens (tertiary/aromatic N) is 8. The van der Waals surface area contributed by atoms with Crippen LogP contribution in [0, 0.1) is 17.1 Å². The summed E-state index contributed by atoms with van der Waals surface area (Å²) in [7, 11) is 1.87. The highest BCUT2D eigenvalue weighted by Gasteiger charge is 2.20. The van der Waals surface area contributed by atoms with E-state index in [0.29, 0.717) is 11.1 Å². The third kappa shape index (κ3) is 4.44. The van der Waals surface area contributed by atoms with Crippen molar-refractivity contribution in [2.45, 2.75) is 6.54 Å². The molecule has 5 heterocycles. The van der Waals surface area contributed by atoms with Gasteiger partial charge in [-0.15, -0.1) is 5.10 Å². The third-order valence-electron chi connectivity index (χ3n) is 6.95. The quantitative estimate of drug-likeness (QED) is 0.387. The van der Waals surface area contributed by atoms with Gasteiger partial charge in [0, 0.05) is 80.6 Å². The van der Waals surface area contributed by atoms with Gasteiger partial charge in [0.05, 0.1) is 11.7 Å². The fourth-order valence-corrected chi connectivity index (χ4v) is 5.02. The number of benzene rings is 1. The van der Waals surface area contributed by atoms with Crippen molar-refractivity contribution in [1.29, 1.82) is 5.26 Å². The van der Waals surface area contributed by atoms with Crippen LogP contribution in [0.1, 0.15) is 11.1 Å². The number of pyridine rings is 2. The first-order valence-corrected chi connectivity index (χ1v) is 12.4. The number of halogens is 1. The summed E-state index contributed by atoms with van der Waals surface area (Å²) in [6.45, 7) is 4.14. The highest BCUT2D eigenvalue weighted by atomic mass is 19.1. The van der Waals surface area contributed by atoms with E-state index in [1.807, 2.05) is 49.9 Å². The molecule has 0 aliphatic carbocycles. The molecule has 0 radical (unpaired) electrons. The zero-order valence-electron chi connectivity index (χ0n) is 20.9. The molecule has 4 aromatic heterocycles. The average Bonchev–Trinajstić information content (AvgIpc) is 3.50. The third-order valence-corrected chi connectivity index (χ3v) is 6.95. The molecule has 2 N–H and O–H groups in total. The molecule has 38 heavy (non-hydrogen) atoms. The maximum Gasteiger partial charge on any atom is 0.164 e. The number of hydrogen-bond donors (Lipinski definition) is 1. The van der Waals surface area contributed by atoms with Gasteiger partial charge in [-0.1, -0.05) is 12.1 Å². The van der Waals surface area contributed by atoms with Crippen molar-refractivity contribution >= 4 is 17.2 Å². The van der Waals surface area contributed by atoms with Crippen molar-refractivity contribution in [1.82, 2.24) is 29.3 Å². The molecule has 0 unspecified atom stereocenters. The molecule has 1 saturated heterocycles. The van der Waals surface area contributed by atoms with Crippen molar-refractivity contribution in [2.75, 3.05) is 36.8 Å². The summed E-state index contributed by atoms with van der Waals surface area (Å²) in [5.74, 6) is 0.888. The Morgan fingerprint density at radius 3 is 2.53 bits per heavy atom. The van der Waals surface area contributed by atoms with E-state index in [4.69, 9.17) is 10.7 Å². The van der Waals surface area contributed by atoms with Crippen LogP contribution in [-0.2, 0) is 13.6 Å². The highest BCUT2D eigenvalue weighted by molar-refractivity contribution is 5.90. The van der Waals surface area contributed by atoms with Gasteiger partial charge in [0.25, 0.3) is 0 Å². The van der Waals surface area contributed by atoms with Gasteiger partial charge >= 0.3 is 0 Å². The second kappa shape index (κ2) is 9.61. The minimum Gasteiger partial charge on any atom is -0.381 e. The first-order chi connectivity index (χ1) is 18.5. The predicted octanol–water partition coefficient (Wildman–Crippen LogP) is 3.71. The molecule has 1 aliphatic rings. The number of aromatic nitrogens is 5. The molecule has 0 spiro atoms. The second-order valence-corrected chi connectivity index (χ2v) is 9.51. The molecule has 0 bridgehead atoms. The normalized spacial score (nSPS) is 14.2. The molecule has 10 heteroatoms. The van der Waals surface area contributed by atoms with Crippen LogP contribution in [0.2, 0.25) is 0 Å². The Balaban J connectivity index is 1.26. The largest absolute Gasteiger partial charge is 0.381 e. The minimum absolute atomic E-state index is 0.192. The lowest BCUT2D eigenvalue weighted by molar-refractivity contribution is 0.249. The smallest absolute Gasteiger partial charge is 0.164 e. The molecule has 0 saturated carbocycles. The topological polar surface area (TPSA) is 104 Å². The van der Waals surface area contributed by atoms with E-state index in [1.165, 1.54) is 6.07 Å². The van der Waals surface area contributed by atoms with E-state index in [-0.39, 0.29) is 11.6 Å². The highest BCUT2D eigenvalue weighted by Crippen LogP contribution is 2.34. The van der Waals surface area contributed by atoms with E-state index >= 15 is 0 Å². The molecule has 9 nitrogen and oxygen atoms in total. The van der Waals surface area contributed by atoms with Crippen molar-refractivity contribution in [3.05, 3.63) is 84.2 Å². The van der Waals surface area contributed by atoms with Crippen LogP contribution in [0.3, 0.4) is 0 Å². The number of piperazine rings is 1. The van der Waals surface area contributed by atoms with Gasteiger partial charge in [0.2, 0.25) is 0 Å². The first-order valence-electron chi connectivity index (χ1n) is 12.4.